The summed E-state index contributed by atoms with van der Waals surface area (Å²) in [6, 6.07) is 7.75. The van der Waals surface area contributed by atoms with Crippen LogP contribution in [-0.2, 0) is 0 Å². The van der Waals surface area contributed by atoms with Gasteiger partial charge in [0, 0.05) is 10.9 Å². The number of amidine groups is 1. The molecule has 0 amide bonds. The maximum atomic E-state index is 5.59. The lowest BCUT2D eigenvalue weighted by Gasteiger charge is -1.96. The highest BCUT2D eigenvalue weighted by Gasteiger charge is 1.91. The predicted molar refractivity (Wildman–Crippen MR) is 55.7 cm³/mol. The number of rotatable bonds is 2. The third-order valence-corrected chi connectivity index (χ3v) is 1.94. The summed E-state index contributed by atoms with van der Waals surface area (Å²) < 4.78 is 1.02. The summed E-state index contributed by atoms with van der Waals surface area (Å²) in [5.74, 6) is 0.660. The molecule has 0 aliphatic rings. The highest BCUT2D eigenvalue weighted by molar-refractivity contribution is 9.10. The minimum Gasteiger partial charge on any atom is -0.387 e. The molecule has 0 atom stereocenters. The van der Waals surface area contributed by atoms with Crippen LogP contribution in [0.2, 0.25) is 0 Å². The van der Waals surface area contributed by atoms with Crippen molar-refractivity contribution < 1.29 is 0 Å². The van der Waals surface area contributed by atoms with Crippen LogP contribution >= 0.6 is 15.9 Å². The Balaban J connectivity index is 2.89. The maximum Gasteiger partial charge on any atom is 0.0993 e. The van der Waals surface area contributed by atoms with Gasteiger partial charge < -0.3 is 5.73 Å². The van der Waals surface area contributed by atoms with Gasteiger partial charge in [-0.2, -0.15) is 0 Å². The molecule has 0 bridgehead atoms. The van der Waals surface area contributed by atoms with E-state index in [4.69, 9.17) is 5.73 Å². The molecule has 64 valence electrons. The van der Waals surface area contributed by atoms with E-state index in [1.165, 1.54) is 0 Å². The number of halogens is 1. The predicted octanol–water partition coefficient (Wildman–Crippen LogP) is 2.85. The number of hydrogen-bond donors (Lipinski definition) is 1. The van der Waals surface area contributed by atoms with E-state index < -0.39 is 0 Å². The Hall–Kier alpha value is -0.830. The average Bonchev–Trinajstić information content (AvgIpc) is 2.04. The first kappa shape index (κ1) is 9.26. The first-order chi connectivity index (χ1) is 5.72. The van der Waals surface area contributed by atoms with Crippen molar-refractivity contribution in [2.24, 2.45) is 10.7 Å². The third-order valence-electron chi connectivity index (χ3n) is 1.44. The largest absolute Gasteiger partial charge is 0.387 e. The van der Waals surface area contributed by atoms with Crippen molar-refractivity contribution in [2.75, 3.05) is 0 Å². The van der Waals surface area contributed by atoms with E-state index in [-0.39, 0.29) is 0 Å². The molecule has 0 aliphatic heterocycles. The Kier molecular flexibility index (Phi) is 3.29. The lowest BCUT2D eigenvalue weighted by molar-refractivity contribution is 1.23. The SMILES string of the molecule is CCC(N)=Nc1cccc(Br)c1. The molecule has 2 nitrogen and oxygen atoms in total. The molecular formula is C9H11BrN2. The number of aliphatic imine (C=N–C) groups is 1. The van der Waals surface area contributed by atoms with Crippen LogP contribution in [0, 0.1) is 0 Å². The van der Waals surface area contributed by atoms with Crippen LogP contribution in [0.1, 0.15) is 13.3 Å². The molecule has 0 heterocycles. The molecule has 1 aromatic rings. The lowest BCUT2D eigenvalue weighted by Crippen LogP contribution is -2.08. The Labute approximate surface area is 80.6 Å². The van der Waals surface area contributed by atoms with E-state index in [9.17, 15) is 0 Å². The van der Waals surface area contributed by atoms with Gasteiger partial charge in [-0.15, -0.1) is 0 Å². The van der Waals surface area contributed by atoms with Gasteiger partial charge in [-0.25, -0.2) is 4.99 Å². The summed E-state index contributed by atoms with van der Waals surface area (Å²) in [4.78, 5) is 4.20. The molecule has 0 aliphatic carbocycles. The molecular weight excluding hydrogens is 216 g/mol. The quantitative estimate of drug-likeness (QED) is 0.612. The van der Waals surface area contributed by atoms with Crippen LogP contribution in [0.4, 0.5) is 5.69 Å². The molecule has 0 spiro atoms. The van der Waals surface area contributed by atoms with Crippen LogP contribution in [0.3, 0.4) is 0 Å². The summed E-state index contributed by atoms with van der Waals surface area (Å²) in [5.41, 5.74) is 6.48. The molecule has 0 saturated heterocycles. The summed E-state index contributed by atoms with van der Waals surface area (Å²) in [6.07, 6.45) is 0.784. The molecule has 3 heteroatoms. The van der Waals surface area contributed by atoms with E-state index in [0.29, 0.717) is 5.84 Å². The number of benzene rings is 1. The van der Waals surface area contributed by atoms with Gasteiger partial charge in [-0.3, -0.25) is 0 Å². The number of nitrogens with zero attached hydrogens (tertiary/aromatic N) is 1. The summed E-state index contributed by atoms with van der Waals surface area (Å²) in [7, 11) is 0. The molecule has 2 N–H and O–H groups in total. The van der Waals surface area contributed by atoms with Gasteiger partial charge in [0.25, 0.3) is 0 Å². The second-order valence-corrected chi connectivity index (χ2v) is 3.35. The second kappa shape index (κ2) is 4.26. The maximum absolute atomic E-state index is 5.59. The second-order valence-electron chi connectivity index (χ2n) is 2.44. The fourth-order valence-corrected chi connectivity index (χ4v) is 1.18. The van der Waals surface area contributed by atoms with Crippen LogP contribution in [0.15, 0.2) is 33.7 Å². The zero-order valence-electron chi connectivity index (χ0n) is 6.92. The Morgan fingerprint density at radius 3 is 2.92 bits per heavy atom. The molecule has 0 aromatic heterocycles. The van der Waals surface area contributed by atoms with Gasteiger partial charge in [-0.05, 0) is 18.2 Å². The van der Waals surface area contributed by atoms with Gasteiger partial charge in [0.1, 0.15) is 0 Å². The van der Waals surface area contributed by atoms with E-state index >= 15 is 0 Å². The molecule has 1 rings (SSSR count). The van der Waals surface area contributed by atoms with Crippen molar-refractivity contribution in [3.05, 3.63) is 28.7 Å². The zero-order chi connectivity index (χ0) is 8.97. The first-order valence-corrected chi connectivity index (χ1v) is 4.60. The molecule has 0 unspecified atom stereocenters. The minimum atomic E-state index is 0.660. The van der Waals surface area contributed by atoms with Crippen molar-refractivity contribution in [3.8, 4) is 0 Å². The zero-order valence-corrected chi connectivity index (χ0v) is 8.51. The Bertz CT molecular complexity index is 294. The summed E-state index contributed by atoms with van der Waals surface area (Å²) >= 11 is 3.36. The Morgan fingerprint density at radius 1 is 1.58 bits per heavy atom. The highest BCUT2D eigenvalue weighted by atomic mass is 79.9. The van der Waals surface area contributed by atoms with Gasteiger partial charge in [-0.1, -0.05) is 28.9 Å². The van der Waals surface area contributed by atoms with Gasteiger partial charge in [0.2, 0.25) is 0 Å². The fraction of sp³-hybridized carbons (Fsp3) is 0.222. The standard InChI is InChI=1S/C9H11BrN2/c1-2-9(11)12-8-5-3-4-7(10)6-8/h3-6H,2H2,1H3,(H2,11,12). The van der Waals surface area contributed by atoms with Crippen molar-refractivity contribution in [1.82, 2.24) is 0 Å². The average molecular weight is 227 g/mol. The fourth-order valence-electron chi connectivity index (χ4n) is 0.791. The van der Waals surface area contributed by atoms with Gasteiger partial charge >= 0.3 is 0 Å². The van der Waals surface area contributed by atoms with E-state index in [1.54, 1.807) is 0 Å². The number of nitrogens with two attached hydrogens (primary N) is 1. The van der Waals surface area contributed by atoms with Crippen molar-refractivity contribution in [3.63, 3.8) is 0 Å². The van der Waals surface area contributed by atoms with Gasteiger partial charge in [0.05, 0.1) is 11.5 Å². The van der Waals surface area contributed by atoms with Crippen LogP contribution in [0.5, 0.6) is 0 Å². The number of hydrogen-bond acceptors (Lipinski definition) is 1. The summed E-state index contributed by atoms with van der Waals surface area (Å²) in [5, 5.41) is 0. The van der Waals surface area contributed by atoms with E-state index in [2.05, 4.69) is 20.9 Å². The topological polar surface area (TPSA) is 38.4 Å². The molecule has 12 heavy (non-hydrogen) atoms. The lowest BCUT2D eigenvalue weighted by atomic mass is 10.3. The minimum absolute atomic E-state index is 0.660. The highest BCUT2D eigenvalue weighted by Crippen LogP contribution is 2.18. The van der Waals surface area contributed by atoms with Crippen molar-refractivity contribution in [2.45, 2.75) is 13.3 Å². The van der Waals surface area contributed by atoms with E-state index in [0.717, 1.165) is 16.6 Å². The van der Waals surface area contributed by atoms with Crippen LogP contribution < -0.4 is 5.73 Å². The van der Waals surface area contributed by atoms with E-state index in [1.807, 2.05) is 31.2 Å². The normalized spacial score (nSPS) is 11.7. The van der Waals surface area contributed by atoms with Crippen LogP contribution in [0.25, 0.3) is 0 Å². The smallest absolute Gasteiger partial charge is 0.0993 e. The molecule has 0 saturated carbocycles. The summed E-state index contributed by atoms with van der Waals surface area (Å²) in [6.45, 7) is 1.98. The molecule has 0 radical (unpaired) electrons. The Morgan fingerprint density at radius 2 is 2.33 bits per heavy atom. The third kappa shape index (κ3) is 2.66. The van der Waals surface area contributed by atoms with Crippen molar-refractivity contribution in [1.29, 1.82) is 0 Å². The molecule has 0 fully saturated rings. The first-order valence-electron chi connectivity index (χ1n) is 3.81. The van der Waals surface area contributed by atoms with Crippen LogP contribution in [-0.4, -0.2) is 5.84 Å². The molecule has 1 aromatic carbocycles. The van der Waals surface area contributed by atoms with Gasteiger partial charge in [0.15, 0.2) is 0 Å². The monoisotopic (exact) mass is 226 g/mol. The van der Waals surface area contributed by atoms with Crippen molar-refractivity contribution >= 4 is 27.5 Å².